The maximum absolute atomic E-state index is 11.0. The number of methoxy groups -OCH3 is 1. The SMILES string of the molecule is COc1ccc(OCC(C)C(N)=O)c(C(=O)O)c1. The highest BCUT2D eigenvalue weighted by atomic mass is 16.5. The summed E-state index contributed by atoms with van der Waals surface area (Å²) >= 11 is 0. The lowest BCUT2D eigenvalue weighted by molar-refractivity contribution is -0.122. The van der Waals surface area contributed by atoms with E-state index >= 15 is 0 Å². The number of benzene rings is 1. The molecule has 0 heterocycles. The summed E-state index contributed by atoms with van der Waals surface area (Å²) < 4.78 is 10.2. The zero-order chi connectivity index (χ0) is 13.7. The molecule has 1 unspecified atom stereocenters. The van der Waals surface area contributed by atoms with Crippen LogP contribution in [0, 0.1) is 5.92 Å². The van der Waals surface area contributed by atoms with Gasteiger partial charge in [-0.15, -0.1) is 0 Å². The fourth-order valence-electron chi connectivity index (χ4n) is 1.23. The highest BCUT2D eigenvalue weighted by molar-refractivity contribution is 5.91. The molecule has 0 aliphatic heterocycles. The number of hydrogen-bond donors (Lipinski definition) is 2. The van der Waals surface area contributed by atoms with E-state index < -0.39 is 17.8 Å². The maximum Gasteiger partial charge on any atom is 0.339 e. The summed E-state index contributed by atoms with van der Waals surface area (Å²) in [6, 6.07) is 4.42. The first-order valence-electron chi connectivity index (χ1n) is 5.29. The summed E-state index contributed by atoms with van der Waals surface area (Å²) in [6.45, 7) is 1.63. The van der Waals surface area contributed by atoms with Crippen molar-refractivity contribution < 1.29 is 24.2 Å². The van der Waals surface area contributed by atoms with Crippen LogP contribution in [-0.4, -0.2) is 30.7 Å². The van der Waals surface area contributed by atoms with E-state index in [1.165, 1.54) is 19.2 Å². The van der Waals surface area contributed by atoms with Crippen LogP contribution in [0.3, 0.4) is 0 Å². The van der Waals surface area contributed by atoms with Gasteiger partial charge in [0.15, 0.2) is 0 Å². The molecule has 0 saturated carbocycles. The number of hydrogen-bond acceptors (Lipinski definition) is 4. The minimum absolute atomic E-state index is 0.0222. The number of aromatic carboxylic acids is 1. The van der Waals surface area contributed by atoms with Crippen molar-refractivity contribution in [2.24, 2.45) is 11.7 Å². The lowest BCUT2D eigenvalue weighted by atomic mass is 10.1. The predicted octanol–water partition coefficient (Wildman–Crippen LogP) is 0.894. The Kier molecular flexibility index (Phi) is 4.53. The normalized spacial score (nSPS) is 11.7. The average molecular weight is 253 g/mol. The van der Waals surface area contributed by atoms with Crippen molar-refractivity contribution in [3.8, 4) is 11.5 Å². The second-order valence-corrected chi connectivity index (χ2v) is 3.78. The van der Waals surface area contributed by atoms with Crippen LogP contribution >= 0.6 is 0 Å². The first kappa shape index (κ1) is 13.8. The number of carboxylic acids is 1. The van der Waals surface area contributed by atoms with Crippen molar-refractivity contribution in [2.45, 2.75) is 6.92 Å². The molecule has 1 aromatic carbocycles. The van der Waals surface area contributed by atoms with E-state index in [1.807, 2.05) is 0 Å². The Morgan fingerprint density at radius 1 is 1.44 bits per heavy atom. The van der Waals surface area contributed by atoms with Crippen molar-refractivity contribution in [1.29, 1.82) is 0 Å². The van der Waals surface area contributed by atoms with E-state index in [0.717, 1.165) is 0 Å². The van der Waals surface area contributed by atoms with E-state index in [4.69, 9.17) is 20.3 Å². The van der Waals surface area contributed by atoms with Crippen LogP contribution in [0.1, 0.15) is 17.3 Å². The summed E-state index contributed by atoms with van der Waals surface area (Å²) in [5, 5.41) is 9.03. The van der Waals surface area contributed by atoms with Crippen molar-refractivity contribution >= 4 is 11.9 Å². The summed E-state index contributed by atoms with van der Waals surface area (Å²) in [5.41, 5.74) is 5.07. The molecule has 1 atom stereocenters. The molecule has 0 fully saturated rings. The molecule has 18 heavy (non-hydrogen) atoms. The van der Waals surface area contributed by atoms with Crippen LogP contribution in [0.2, 0.25) is 0 Å². The zero-order valence-electron chi connectivity index (χ0n) is 10.2. The van der Waals surface area contributed by atoms with E-state index in [1.54, 1.807) is 13.0 Å². The number of rotatable bonds is 6. The molecule has 0 radical (unpaired) electrons. The Morgan fingerprint density at radius 2 is 2.11 bits per heavy atom. The molecule has 1 amide bonds. The van der Waals surface area contributed by atoms with Gasteiger partial charge < -0.3 is 20.3 Å². The lowest BCUT2D eigenvalue weighted by Gasteiger charge is -2.12. The molecule has 6 nitrogen and oxygen atoms in total. The van der Waals surface area contributed by atoms with Gasteiger partial charge in [0.1, 0.15) is 17.1 Å². The number of carbonyl (C=O) groups is 2. The molecule has 98 valence electrons. The van der Waals surface area contributed by atoms with E-state index in [9.17, 15) is 9.59 Å². The van der Waals surface area contributed by atoms with Crippen molar-refractivity contribution in [1.82, 2.24) is 0 Å². The number of ether oxygens (including phenoxy) is 2. The fraction of sp³-hybridized carbons (Fsp3) is 0.333. The summed E-state index contributed by atoms with van der Waals surface area (Å²) in [5.74, 6) is -1.52. The Morgan fingerprint density at radius 3 is 2.61 bits per heavy atom. The number of carboxylic acid groups (broad SMARTS) is 1. The van der Waals surface area contributed by atoms with Gasteiger partial charge in [-0.3, -0.25) is 4.79 Å². The van der Waals surface area contributed by atoms with Crippen LogP contribution in [0.5, 0.6) is 11.5 Å². The molecular weight excluding hydrogens is 238 g/mol. The highest BCUT2D eigenvalue weighted by Gasteiger charge is 2.15. The molecule has 1 rings (SSSR count). The molecule has 0 aromatic heterocycles. The van der Waals surface area contributed by atoms with E-state index in [2.05, 4.69) is 0 Å². The van der Waals surface area contributed by atoms with Crippen LogP contribution in [0.15, 0.2) is 18.2 Å². The molecule has 0 aliphatic carbocycles. The van der Waals surface area contributed by atoms with Gasteiger partial charge in [-0.25, -0.2) is 4.79 Å². The first-order valence-corrected chi connectivity index (χ1v) is 5.29. The molecular formula is C12H15NO5. The largest absolute Gasteiger partial charge is 0.497 e. The second kappa shape index (κ2) is 5.90. The van der Waals surface area contributed by atoms with Gasteiger partial charge in [0.05, 0.1) is 19.6 Å². The number of nitrogens with two attached hydrogens (primary N) is 1. The number of amides is 1. The van der Waals surface area contributed by atoms with Crippen molar-refractivity contribution in [3.63, 3.8) is 0 Å². The van der Waals surface area contributed by atoms with Crippen LogP contribution in [0.25, 0.3) is 0 Å². The molecule has 0 aliphatic rings. The third kappa shape index (κ3) is 3.38. The van der Waals surface area contributed by atoms with E-state index in [0.29, 0.717) is 5.75 Å². The van der Waals surface area contributed by atoms with Crippen LogP contribution < -0.4 is 15.2 Å². The Hall–Kier alpha value is -2.24. The van der Waals surface area contributed by atoms with Gasteiger partial charge in [-0.2, -0.15) is 0 Å². The van der Waals surface area contributed by atoms with Crippen LogP contribution in [0.4, 0.5) is 0 Å². The van der Waals surface area contributed by atoms with Gasteiger partial charge in [0.2, 0.25) is 5.91 Å². The van der Waals surface area contributed by atoms with Gasteiger partial charge in [0.25, 0.3) is 0 Å². The zero-order valence-corrected chi connectivity index (χ0v) is 10.2. The topological polar surface area (TPSA) is 98.9 Å². The predicted molar refractivity (Wildman–Crippen MR) is 63.8 cm³/mol. The minimum atomic E-state index is -1.13. The smallest absolute Gasteiger partial charge is 0.339 e. The second-order valence-electron chi connectivity index (χ2n) is 3.78. The maximum atomic E-state index is 11.0. The van der Waals surface area contributed by atoms with Gasteiger partial charge in [-0.05, 0) is 18.2 Å². The standard InChI is InChI=1S/C12H15NO5/c1-7(11(13)14)6-18-10-4-3-8(17-2)5-9(10)12(15)16/h3-5,7H,6H2,1-2H3,(H2,13,14)(H,15,16). The lowest BCUT2D eigenvalue weighted by Crippen LogP contribution is -2.26. The molecule has 3 N–H and O–H groups in total. The van der Waals surface area contributed by atoms with Crippen LogP contribution in [-0.2, 0) is 4.79 Å². The summed E-state index contributed by atoms with van der Waals surface area (Å²) in [7, 11) is 1.44. The molecule has 1 aromatic rings. The highest BCUT2D eigenvalue weighted by Crippen LogP contribution is 2.24. The third-order valence-electron chi connectivity index (χ3n) is 2.39. The summed E-state index contributed by atoms with van der Waals surface area (Å²) in [6.07, 6.45) is 0. The van der Waals surface area contributed by atoms with Gasteiger partial charge in [0, 0.05) is 0 Å². The minimum Gasteiger partial charge on any atom is -0.497 e. The Labute approximate surface area is 104 Å². The fourth-order valence-corrected chi connectivity index (χ4v) is 1.23. The molecule has 6 heteroatoms. The van der Waals surface area contributed by atoms with Gasteiger partial charge in [-0.1, -0.05) is 6.92 Å². The molecule has 0 saturated heterocycles. The molecule has 0 bridgehead atoms. The molecule has 0 spiro atoms. The summed E-state index contributed by atoms with van der Waals surface area (Å²) in [4.78, 5) is 21.9. The number of primary amides is 1. The quantitative estimate of drug-likeness (QED) is 0.784. The Balaban J connectivity index is 2.88. The van der Waals surface area contributed by atoms with Crippen molar-refractivity contribution in [3.05, 3.63) is 23.8 Å². The third-order valence-corrected chi connectivity index (χ3v) is 2.39. The average Bonchev–Trinajstić information content (AvgIpc) is 2.35. The first-order chi connectivity index (χ1) is 8.45. The monoisotopic (exact) mass is 253 g/mol. The van der Waals surface area contributed by atoms with E-state index in [-0.39, 0.29) is 17.9 Å². The number of carbonyl (C=O) groups excluding carboxylic acids is 1. The van der Waals surface area contributed by atoms with Crippen molar-refractivity contribution in [2.75, 3.05) is 13.7 Å². The van der Waals surface area contributed by atoms with Gasteiger partial charge >= 0.3 is 5.97 Å². The Bertz CT molecular complexity index is 458.